The maximum atomic E-state index is 13.6. The monoisotopic (exact) mass is 600 g/mol. The first kappa shape index (κ1) is 30.3. The fourth-order valence-electron chi connectivity index (χ4n) is 5.06. The van der Waals surface area contributed by atoms with Gasteiger partial charge in [-0.1, -0.05) is 61.9 Å². The predicted molar refractivity (Wildman–Crippen MR) is 155 cm³/mol. The Morgan fingerprint density at radius 3 is 2.34 bits per heavy atom. The molecule has 0 spiro atoms. The Kier molecular flexibility index (Phi) is 9.88. The van der Waals surface area contributed by atoms with Crippen LogP contribution in [-0.4, -0.2) is 52.3 Å². The van der Waals surface area contributed by atoms with Crippen molar-refractivity contribution >= 4 is 33.5 Å². The molecule has 3 aromatic rings. The second kappa shape index (κ2) is 13.4. The van der Waals surface area contributed by atoms with Crippen molar-refractivity contribution in [1.82, 2.24) is 9.47 Å². The lowest BCUT2D eigenvalue weighted by molar-refractivity contribution is 0.0472. The molecule has 1 amide bonds. The molecular formula is C30H33ClN2O7S. The van der Waals surface area contributed by atoms with E-state index in [1.807, 2.05) is 37.3 Å². The molecule has 3 unspecified atom stereocenters. The lowest BCUT2D eigenvalue weighted by atomic mass is 9.95. The Hall–Kier alpha value is -3.63. The zero-order valence-corrected chi connectivity index (χ0v) is 24.3. The van der Waals surface area contributed by atoms with Gasteiger partial charge in [-0.25, -0.2) is 18.0 Å². The third-order valence-corrected chi connectivity index (χ3v) is 10.1. The number of hydrogen-bond acceptors (Lipinski definition) is 6. The Morgan fingerprint density at radius 1 is 1.05 bits per heavy atom. The Labute approximate surface area is 244 Å². The number of unbranched alkanes of at least 4 members (excludes halogenated alkanes) is 1. The van der Waals surface area contributed by atoms with E-state index in [-0.39, 0.29) is 36.6 Å². The summed E-state index contributed by atoms with van der Waals surface area (Å²) in [7, 11) is -4.15. The molecule has 1 fully saturated rings. The highest BCUT2D eigenvalue weighted by atomic mass is 35.5. The van der Waals surface area contributed by atoms with Crippen molar-refractivity contribution in [1.29, 1.82) is 0 Å². The molecule has 41 heavy (non-hydrogen) atoms. The molecule has 1 N–H and O–H groups in total. The van der Waals surface area contributed by atoms with Gasteiger partial charge >= 0.3 is 12.1 Å². The average Bonchev–Trinajstić information content (AvgIpc) is 2.97. The van der Waals surface area contributed by atoms with Crippen LogP contribution >= 0.6 is 11.6 Å². The quantitative estimate of drug-likeness (QED) is 0.258. The first-order valence-corrected chi connectivity index (χ1v) is 15.5. The van der Waals surface area contributed by atoms with Crippen LogP contribution in [0, 0.1) is 5.92 Å². The normalized spacial score (nSPS) is 19.1. The van der Waals surface area contributed by atoms with Crippen LogP contribution in [0.1, 0.15) is 47.8 Å². The largest absolute Gasteiger partial charge is 0.465 e. The summed E-state index contributed by atoms with van der Waals surface area (Å²) in [6.45, 7) is 2.11. The number of ether oxygens (including phenoxy) is 1. The van der Waals surface area contributed by atoms with Gasteiger partial charge in [-0.3, -0.25) is 9.69 Å². The fraction of sp³-hybridized carbons (Fsp3) is 0.367. The molecule has 0 aliphatic carbocycles. The summed E-state index contributed by atoms with van der Waals surface area (Å²) in [6, 6.07) is 19.7. The smallest absolute Gasteiger partial charge is 0.408 e. The number of likely N-dealkylation sites (tertiary alicyclic amines) is 1. The summed E-state index contributed by atoms with van der Waals surface area (Å²) in [4.78, 5) is 39.0. The van der Waals surface area contributed by atoms with Crippen LogP contribution in [0.15, 0.2) is 82.5 Å². The third-order valence-electron chi connectivity index (χ3n) is 7.27. The maximum absolute atomic E-state index is 13.6. The van der Waals surface area contributed by atoms with E-state index >= 15 is 0 Å². The van der Waals surface area contributed by atoms with Gasteiger partial charge in [0.25, 0.3) is 5.56 Å². The lowest BCUT2D eigenvalue weighted by Crippen LogP contribution is -2.56. The van der Waals surface area contributed by atoms with Crippen LogP contribution in [0.3, 0.4) is 0 Å². The molecule has 0 bridgehead atoms. The van der Waals surface area contributed by atoms with Crippen molar-refractivity contribution in [2.75, 3.05) is 6.54 Å². The number of rotatable bonds is 10. The molecular weight excluding hydrogens is 568 g/mol. The number of amides is 1. The Morgan fingerprint density at radius 2 is 1.71 bits per heavy atom. The molecule has 0 saturated carbocycles. The first-order chi connectivity index (χ1) is 19.6. The summed E-state index contributed by atoms with van der Waals surface area (Å²) in [6.07, 6.45) is 1.01. The van der Waals surface area contributed by atoms with Crippen molar-refractivity contribution < 1.29 is 27.9 Å². The molecule has 1 saturated heterocycles. The molecule has 9 nitrogen and oxygen atoms in total. The summed E-state index contributed by atoms with van der Waals surface area (Å²) < 4.78 is 34.1. The minimum atomic E-state index is -4.15. The minimum absolute atomic E-state index is 0.0262. The standard InChI is InChI=1S/C30H33ClN2O7S/c1-2-3-12-24-17-23(29(35)40-20-21-10-6-4-7-11-21)18-26(34)33(24)19-22-15-16-32(30(36)37)28(27(22)31)41(38,39)25-13-8-5-9-14-25/h4-11,13-14,17-18,22,27-28H,2-3,12,15-16,19-20H2,1H3,(H,36,37). The SMILES string of the molecule is CCCCc1cc(C(=O)OCc2ccccc2)cc(=O)n1CC1CCN(C(=O)O)C(S(=O)(=O)c2ccccc2)C1Cl. The fourth-order valence-corrected chi connectivity index (χ4v) is 7.72. The second-order valence-electron chi connectivity index (χ2n) is 10.1. The van der Waals surface area contributed by atoms with Gasteiger partial charge < -0.3 is 14.4 Å². The van der Waals surface area contributed by atoms with E-state index in [1.54, 1.807) is 24.3 Å². The number of hydrogen-bond donors (Lipinski definition) is 1. The van der Waals surface area contributed by atoms with Crippen LogP contribution < -0.4 is 5.56 Å². The number of carbonyl (C=O) groups is 2. The molecule has 1 aliphatic heterocycles. The number of halogens is 1. The van der Waals surface area contributed by atoms with Gasteiger partial charge in [0, 0.05) is 24.8 Å². The topological polar surface area (TPSA) is 123 Å². The zero-order valence-electron chi connectivity index (χ0n) is 22.7. The number of aryl methyl sites for hydroxylation is 1. The average molecular weight is 601 g/mol. The van der Waals surface area contributed by atoms with Gasteiger partial charge in [-0.05, 0) is 48.9 Å². The number of piperidine rings is 1. The summed E-state index contributed by atoms with van der Waals surface area (Å²) in [5, 5.41) is 7.16. The van der Waals surface area contributed by atoms with Crippen LogP contribution in [0.5, 0.6) is 0 Å². The molecule has 1 aromatic heterocycles. The van der Waals surface area contributed by atoms with Crippen molar-refractivity contribution in [3.8, 4) is 0 Å². The lowest BCUT2D eigenvalue weighted by Gasteiger charge is -2.41. The summed E-state index contributed by atoms with van der Waals surface area (Å²) in [5.41, 5.74) is 1.14. The number of pyridine rings is 1. The highest BCUT2D eigenvalue weighted by molar-refractivity contribution is 7.92. The molecule has 2 aromatic carbocycles. The Balaban J connectivity index is 1.62. The number of alkyl halides is 1. The van der Waals surface area contributed by atoms with Crippen molar-refractivity contribution in [3.63, 3.8) is 0 Å². The van der Waals surface area contributed by atoms with E-state index in [0.29, 0.717) is 12.1 Å². The van der Waals surface area contributed by atoms with Crippen LogP contribution in [0.4, 0.5) is 4.79 Å². The maximum Gasteiger partial charge on any atom is 0.408 e. The predicted octanol–water partition coefficient (Wildman–Crippen LogP) is 4.96. The molecule has 3 atom stereocenters. The number of esters is 1. The highest BCUT2D eigenvalue weighted by Gasteiger charge is 2.47. The molecule has 11 heteroatoms. The summed E-state index contributed by atoms with van der Waals surface area (Å²) in [5.74, 6) is -1.14. The van der Waals surface area contributed by atoms with Crippen LogP contribution in [-0.2, 0) is 34.1 Å². The number of nitrogens with zero attached hydrogens (tertiary/aromatic N) is 2. The van der Waals surface area contributed by atoms with Gasteiger partial charge in [0.1, 0.15) is 6.61 Å². The number of carboxylic acid groups (broad SMARTS) is 1. The molecule has 0 radical (unpaired) electrons. The second-order valence-corrected chi connectivity index (χ2v) is 12.6. The Bertz CT molecular complexity index is 1530. The van der Waals surface area contributed by atoms with E-state index in [4.69, 9.17) is 16.3 Å². The van der Waals surface area contributed by atoms with Gasteiger partial charge in [0.15, 0.2) is 5.37 Å². The number of benzene rings is 2. The van der Waals surface area contributed by atoms with Gasteiger partial charge in [0.05, 0.1) is 15.8 Å². The zero-order chi connectivity index (χ0) is 29.6. The number of aromatic nitrogens is 1. The van der Waals surface area contributed by atoms with Crippen molar-refractivity contribution in [2.45, 2.75) is 61.4 Å². The van der Waals surface area contributed by atoms with Gasteiger partial charge in [-0.15, -0.1) is 11.6 Å². The van der Waals surface area contributed by atoms with Gasteiger partial charge in [-0.2, -0.15) is 0 Å². The minimum Gasteiger partial charge on any atom is -0.465 e. The molecule has 218 valence electrons. The summed E-state index contributed by atoms with van der Waals surface area (Å²) >= 11 is 6.79. The van der Waals surface area contributed by atoms with Crippen LogP contribution in [0.2, 0.25) is 0 Å². The number of carbonyl (C=O) groups excluding carboxylic acids is 1. The highest BCUT2D eigenvalue weighted by Crippen LogP contribution is 2.35. The number of sulfone groups is 1. The van der Waals surface area contributed by atoms with Crippen LogP contribution in [0.25, 0.3) is 0 Å². The van der Waals surface area contributed by atoms with E-state index in [2.05, 4.69) is 0 Å². The van der Waals surface area contributed by atoms with E-state index in [0.717, 1.165) is 23.3 Å². The van der Waals surface area contributed by atoms with E-state index < -0.39 is 44.1 Å². The van der Waals surface area contributed by atoms with Crippen molar-refractivity contribution in [3.05, 3.63) is 100.0 Å². The first-order valence-electron chi connectivity index (χ1n) is 13.5. The van der Waals surface area contributed by atoms with Crippen molar-refractivity contribution in [2.24, 2.45) is 5.92 Å². The van der Waals surface area contributed by atoms with E-state index in [1.165, 1.54) is 22.8 Å². The molecule has 1 aliphatic rings. The van der Waals surface area contributed by atoms with Gasteiger partial charge in [0.2, 0.25) is 9.84 Å². The van der Waals surface area contributed by atoms with E-state index in [9.17, 15) is 27.9 Å². The molecule has 2 heterocycles. The third kappa shape index (κ3) is 7.00. The molecule has 4 rings (SSSR count).